The number of imidazole rings is 1. The molecule has 0 bridgehead atoms. The number of hydrogen-bond donors (Lipinski definition) is 1. The fraction of sp³-hybridized carbons (Fsp3) is 0.500. The molecule has 1 aliphatic carbocycles. The molecule has 39 heavy (non-hydrogen) atoms. The number of hydrogen-bond acceptors (Lipinski definition) is 5. The molecule has 1 N–H and O–H groups in total. The second-order valence-electron chi connectivity index (χ2n) is 11.0. The van der Waals surface area contributed by atoms with E-state index in [1.165, 1.54) is 6.42 Å². The van der Waals surface area contributed by atoms with Crippen LogP contribution in [0.3, 0.4) is 0 Å². The molecule has 9 heteroatoms. The van der Waals surface area contributed by atoms with Crippen molar-refractivity contribution in [3.05, 3.63) is 52.5 Å². The molecule has 0 spiro atoms. The summed E-state index contributed by atoms with van der Waals surface area (Å²) in [6, 6.07) is 13.4. The topological polar surface area (TPSA) is 73.7 Å². The maximum atomic E-state index is 13.2. The number of likely N-dealkylation sites (N-methyl/N-ethyl adjacent to an activating group) is 1. The van der Waals surface area contributed by atoms with E-state index in [9.17, 15) is 9.59 Å². The summed E-state index contributed by atoms with van der Waals surface area (Å²) in [4.78, 5) is 37.8. The number of nitrogens with one attached hydrogen (secondary N) is 1. The molecule has 5 rings (SSSR count). The first kappa shape index (κ1) is 27.8. The van der Waals surface area contributed by atoms with Gasteiger partial charge in [-0.2, -0.15) is 0 Å². The van der Waals surface area contributed by atoms with E-state index in [4.69, 9.17) is 4.98 Å². The molecule has 1 saturated heterocycles. The Labute approximate surface area is 239 Å². The zero-order chi connectivity index (χ0) is 27.4. The van der Waals surface area contributed by atoms with Gasteiger partial charge in [0.05, 0.1) is 11.0 Å². The van der Waals surface area contributed by atoms with Crippen molar-refractivity contribution >= 4 is 50.4 Å². The van der Waals surface area contributed by atoms with Crippen LogP contribution in [0.5, 0.6) is 0 Å². The minimum absolute atomic E-state index is 0.103. The van der Waals surface area contributed by atoms with Gasteiger partial charge >= 0.3 is 0 Å². The molecule has 8 nitrogen and oxygen atoms in total. The van der Waals surface area contributed by atoms with Gasteiger partial charge in [0, 0.05) is 61.4 Å². The Balaban J connectivity index is 1.38. The van der Waals surface area contributed by atoms with Crippen LogP contribution < -0.4 is 10.2 Å². The van der Waals surface area contributed by atoms with Crippen LogP contribution in [0.2, 0.25) is 0 Å². The van der Waals surface area contributed by atoms with Crippen LogP contribution in [0.1, 0.15) is 48.9 Å². The lowest BCUT2D eigenvalue weighted by Gasteiger charge is -2.32. The van der Waals surface area contributed by atoms with Crippen molar-refractivity contribution < 1.29 is 9.59 Å². The molecular formula is C30H39BrN6O2. The lowest BCUT2D eigenvalue weighted by atomic mass is 9.88. The summed E-state index contributed by atoms with van der Waals surface area (Å²) in [6.07, 6.45) is 6.38. The number of benzene rings is 2. The molecule has 208 valence electrons. The summed E-state index contributed by atoms with van der Waals surface area (Å²) in [5, 5.41) is 3.05. The van der Waals surface area contributed by atoms with Crippen LogP contribution in [0.15, 0.2) is 46.9 Å². The third-order valence-electron chi connectivity index (χ3n) is 8.17. The van der Waals surface area contributed by atoms with Crippen LogP contribution >= 0.6 is 15.9 Å². The van der Waals surface area contributed by atoms with Crippen molar-refractivity contribution in [1.29, 1.82) is 0 Å². The SMILES string of the molecule is CN1CCN(CCCn2c(NC(=O)c3cccc(Br)c3)nc3cc(N(C)C(=O)C4CCCCC4)ccc32)CC1. The second kappa shape index (κ2) is 12.6. The average Bonchev–Trinajstić information content (AvgIpc) is 3.29. The lowest BCUT2D eigenvalue weighted by molar-refractivity contribution is -0.123. The Hall–Kier alpha value is -2.75. The van der Waals surface area contributed by atoms with Gasteiger partial charge in [0.1, 0.15) is 0 Å². The number of nitrogens with zero attached hydrogens (tertiary/aromatic N) is 5. The molecule has 0 unspecified atom stereocenters. The molecule has 0 atom stereocenters. The van der Waals surface area contributed by atoms with Crippen molar-refractivity contribution in [3.63, 3.8) is 0 Å². The van der Waals surface area contributed by atoms with E-state index in [1.54, 1.807) is 17.0 Å². The van der Waals surface area contributed by atoms with Crippen LogP contribution in [-0.4, -0.2) is 78.0 Å². The van der Waals surface area contributed by atoms with Gasteiger partial charge in [0.25, 0.3) is 5.91 Å². The van der Waals surface area contributed by atoms with E-state index in [2.05, 4.69) is 42.7 Å². The molecule has 0 radical (unpaired) electrons. The molecule has 2 aliphatic rings. The highest BCUT2D eigenvalue weighted by molar-refractivity contribution is 9.10. The standard InChI is InChI=1S/C30H39BrN6O2/c1-34-16-18-36(19-17-34)14-7-15-37-27-13-12-25(35(2)29(39)22-8-4-3-5-9-22)21-26(27)32-30(37)33-28(38)23-10-6-11-24(31)20-23/h6,10-13,20-22H,3-5,7-9,14-19H2,1-2H3,(H,32,33,38). The van der Waals surface area contributed by atoms with Gasteiger partial charge in [-0.05, 0) is 69.3 Å². The number of halogens is 1. The van der Waals surface area contributed by atoms with Gasteiger partial charge in [-0.25, -0.2) is 4.98 Å². The number of fused-ring (bicyclic) bond motifs is 1. The van der Waals surface area contributed by atoms with Crippen LogP contribution in [0.4, 0.5) is 11.6 Å². The molecule has 1 aromatic heterocycles. The van der Waals surface area contributed by atoms with E-state index < -0.39 is 0 Å². The molecule has 2 amide bonds. The van der Waals surface area contributed by atoms with Crippen molar-refractivity contribution in [2.24, 2.45) is 5.92 Å². The molecule has 3 aromatic rings. The summed E-state index contributed by atoms with van der Waals surface area (Å²) in [7, 11) is 4.03. The molecule has 1 saturated carbocycles. The quantitative estimate of drug-likeness (QED) is 0.386. The number of piperazine rings is 1. The molecular weight excluding hydrogens is 556 g/mol. The zero-order valence-electron chi connectivity index (χ0n) is 23.0. The maximum Gasteiger partial charge on any atom is 0.258 e. The highest BCUT2D eigenvalue weighted by Crippen LogP contribution is 2.30. The molecule has 2 aromatic carbocycles. The summed E-state index contributed by atoms with van der Waals surface area (Å²) >= 11 is 3.46. The minimum atomic E-state index is -0.197. The summed E-state index contributed by atoms with van der Waals surface area (Å²) in [5.41, 5.74) is 3.14. The molecule has 2 heterocycles. The number of carbonyl (C=O) groups is 2. The van der Waals surface area contributed by atoms with E-state index in [-0.39, 0.29) is 17.7 Å². The predicted octanol–water partition coefficient (Wildman–Crippen LogP) is 5.23. The Kier molecular flexibility index (Phi) is 8.99. The number of amides is 2. The van der Waals surface area contributed by atoms with Gasteiger partial charge in [-0.3, -0.25) is 14.9 Å². The number of aryl methyl sites for hydroxylation is 1. The lowest BCUT2D eigenvalue weighted by Crippen LogP contribution is -2.44. The number of anilines is 2. The van der Waals surface area contributed by atoms with Gasteiger partial charge in [-0.1, -0.05) is 41.3 Å². The zero-order valence-corrected chi connectivity index (χ0v) is 24.6. The minimum Gasteiger partial charge on any atom is -0.315 e. The van der Waals surface area contributed by atoms with Crippen LogP contribution in [0, 0.1) is 5.92 Å². The Morgan fingerprint density at radius 2 is 1.79 bits per heavy atom. The normalized spacial score (nSPS) is 17.4. The average molecular weight is 596 g/mol. The van der Waals surface area contributed by atoms with Crippen molar-refractivity contribution in [3.8, 4) is 0 Å². The van der Waals surface area contributed by atoms with Crippen molar-refractivity contribution in [2.45, 2.75) is 45.1 Å². The van der Waals surface area contributed by atoms with Gasteiger partial charge in [-0.15, -0.1) is 0 Å². The highest BCUT2D eigenvalue weighted by atomic mass is 79.9. The largest absolute Gasteiger partial charge is 0.315 e. The smallest absolute Gasteiger partial charge is 0.258 e. The Morgan fingerprint density at radius 1 is 1.03 bits per heavy atom. The van der Waals surface area contributed by atoms with Crippen LogP contribution in [-0.2, 0) is 11.3 Å². The third kappa shape index (κ3) is 6.70. The van der Waals surface area contributed by atoms with Gasteiger partial charge in [0.15, 0.2) is 0 Å². The Morgan fingerprint density at radius 3 is 2.54 bits per heavy atom. The van der Waals surface area contributed by atoms with Crippen molar-refractivity contribution in [1.82, 2.24) is 19.4 Å². The summed E-state index contributed by atoms with van der Waals surface area (Å²) in [5.74, 6) is 0.624. The van der Waals surface area contributed by atoms with E-state index >= 15 is 0 Å². The second-order valence-corrected chi connectivity index (χ2v) is 11.9. The number of carbonyl (C=O) groups excluding carboxylic acids is 2. The molecule has 2 fully saturated rings. The highest BCUT2D eigenvalue weighted by Gasteiger charge is 2.25. The van der Waals surface area contributed by atoms with Gasteiger partial charge in [0.2, 0.25) is 11.9 Å². The monoisotopic (exact) mass is 594 g/mol. The van der Waals surface area contributed by atoms with E-state index in [0.29, 0.717) is 11.5 Å². The Bertz CT molecular complexity index is 1310. The first-order chi connectivity index (χ1) is 18.9. The first-order valence-electron chi connectivity index (χ1n) is 14.1. The third-order valence-corrected chi connectivity index (χ3v) is 8.66. The fourth-order valence-corrected chi connectivity index (χ4v) is 6.13. The predicted molar refractivity (Wildman–Crippen MR) is 160 cm³/mol. The van der Waals surface area contributed by atoms with Crippen LogP contribution in [0.25, 0.3) is 11.0 Å². The molecule has 1 aliphatic heterocycles. The fourth-order valence-electron chi connectivity index (χ4n) is 5.73. The van der Waals surface area contributed by atoms with E-state index in [0.717, 1.165) is 92.6 Å². The van der Waals surface area contributed by atoms with E-state index in [1.807, 2.05) is 37.4 Å². The number of aromatic nitrogens is 2. The summed E-state index contributed by atoms with van der Waals surface area (Å²) < 4.78 is 2.96. The number of rotatable bonds is 8. The van der Waals surface area contributed by atoms with Gasteiger partial charge < -0.3 is 19.3 Å². The van der Waals surface area contributed by atoms with Crippen molar-refractivity contribution in [2.75, 3.05) is 57.0 Å². The summed E-state index contributed by atoms with van der Waals surface area (Å²) in [6.45, 7) is 6.10. The maximum absolute atomic E-state index is 13.2. The first-order valence-corrected chi connectivity index (χ1v) is 14.9.